The van der Waals surface area contributed by atoms with Crippen LogP contribution in [0.5, 0.6) is 0 Å². The molecule has 2 rings (SSSR count). The topological polar surface area (TPSA) is 32.3 Å². The summed E-state index contributed by atoms with van der Waals surface area (Å²) in [6.45, 7) is 1.35. The molecule has 2 heterocycles. The molecular weight excluding hydrogens is 208 g/mol. The molecule has 0 aromatic carbocycles. The average molecular weight is 224 g/mol. The Morgan fingerprint density at radius 3 is 3.27 bits per heavy atom. The van der Waals surface area contributed by atoms with E-state index in [1.807, 2.05) is 11.9 Å². The Balaban J connectivity index is 2.08. The van der Waals surface area contributed by atoms with Gasteiger partial charge in [0.1, 0.15) is 0 Å². The minimum absolute atomic E-state index is 0.216. The Hall–Kier alpha value is -0.870. The zero-order valence-corrected chi connectivity index (χ0v) is 9.72. The Bertz CT molecular complexity index is 323. The smallest absolute Gasteiger partial charge is 0.237 e. The second kappa shape index (κ2) is 4.77. The van der Waals surface area contributed by atoms with Crippen molar-refractivity contribution in [3.05, 3.63) is 22.4 Å². The fraction of sp³-hybridized carbons (Fsp3) is 0.545. The van der Waals surface area contributed by atoms with Crippen LogP contribution < -0.4 is 5.32 Å². The molecule has 1 aliphatic heterocycles. The third-order valence-corrected chi connectivity index (χ3v) is 3.75. The average Bonchev–Trinajstić information content (AvgIpc) is 2.88. The van der Waals surface area contributed by atoms with Crippen molar-refractivity contribution in [3.8, 4) is 0 Å². The van der Waals surface area contributed by atoms with Crippen LogP contribution in [0.2, 0.25) is 0 Å². The quantitative estimate of drug-likeness (QED) is 0.846. The number of rotatable bonds is 3. The van der Waals surface area contributed by atoms with Crippen LogP contribution in [-0.2, 0) is 4.79 Å². The fourth-order valence-electron chi connectivity index (χ4n) is 2.09. The molecule has 15 heavy (non-hydrogen) atoms. The number of amides is 1. The van der Waals surface area contributed by atoms with Crippen molar-refractivity contribution in [2.75, 3.05) is 20.1 Å². The van der Waals surface area contributed by atoms with Crippen molar-refractivity contribution in [2.24, 2.45) is 0 Å². The van der Waals surface area contributed by atoms with E-state index in [9.17, 15) is 4.79 Å². The van der Waals surface area contributed by atoms with Gasteiger partial charge in [-0.25, -0.2) is 0 Å². The molecule has 0 saturated carbocycles. The van der Waals surface area contributed by atoms with Crippen LogP contribution in [0, 0.1) is 0 Å². The van der Waals surface area contributed by atoms with Crippen LogP contribution in [0.15, 0.2) is 17.5 Å². The lowest BCUT2D eigenvalue weighted by Gasteiger charge is -2.23. The Kier molecular flexibility index (Phi) is 3.38. The van der Waals surface area contributed by atoms with E-state index in [0.29, 0.717) is 12.6 Å². The summed E-state index contributed by atoms with van der Waals surface area (Å²) in [5.41, 5.74) is 0. The van der Waals surface area contributed by atoms with Gasteiger partial charge in [-0.15, -0.1) is 11.3 Å². The number of hydrogen-bond donors (Lipinski definition) is 1. The molecule has 82 valence electrons. The minimum atomic E-state index is 0.216. The van der Waals surface area contributed by atoms with E-state index >= 15 is 0 Å². The first-order chi connectivity index (χ1) is 7.33. The van der Waals surface area contributed by atoms with E-state index in [4.69, 9.17) is 0 Å². The maximum absolute atomic E-state index is 11.8. The number of carbonyl (C=O) groups excluding carboxylic acids is 1. The van der Waals surface area contributed by atoms with E-state index in [1.165, 1.54) is 4.88 Å². The van der Waals surface area contributed by atoms with Crippen LogP contribution in [0.3, 0.4) is 0 Å². The highest BCUT2D eigenvalue weighted by Gasteiger charge is 2.29. The van der Waals surface area contributed by atoms with Gasteiger partial charge >= 0.3 is 0 Å². The van der Waals surface area contributed by atoms with Crippen LogP contribution in [0.1, 0.15) is 23.8 Å². The molecule has 1 aliphatic rings. The summed E-state index contributed by atoms with van der Waals surface area (Å²) in [4.78, 5) is 15.1. The van der Waals surface area contributed by atoms with Crippen LogP contribution in [0.25, 0.3) is 0 Å². The number of likely N-dealkylation sites (N-methyl/N-ethyl adjacent to an activating group) is 1. The highest BCUT2D eigenvalue weighted by atomic mass is 32.1. The predicted octanol–water partition coefficient (Wildman–Crippen LogP) is 1.63. The highest BCUT2D eigenvalue weighted by Crippen LogP contribution is 2.34. The largest absolute Gasteiger partial charge is 0.334 e. The number of thiophene rings is 1. The van der Waals surface area contributed by atoms with Crippen LogP contribution in [-0.4, -0.2) is 30.9 Å². The van der Waals surface area contributed by atoms with Crippen molar-refractivity contribution in [2.45, 2.75) is 18.9 Å². The summed E-state index contributed by atoms with van der Waals surface area (Å²) >= 11 is 1.75. The van der Waals surface area contributed by atoms with Crippen molar-refractivity contribution >= 4 is 17.2 Å². The molecule has 0 radical (unpaired) electrons. The van der Waals surface area contributed by atoms with Gasteiger partial charge in [0.2, 0.25) is 5.91 Å². The maximum Gasteiger partial charge on any atom is 0.237 e. The Labute approximate surface area is 94.1 Å². The van der Waals surface area contributed by atoms with Gasteiger partial charge in [0.15, 0.2) is 0 Å². The first kappa shape index (κ1) is 10.6. The second-order valence-corrected chi connectivity index (χ2v) is 4.77. The van der Waals surface area contributed by atoms with E-state index in [2.05, 4.69) is 22.8 Å². The molecule has 1 fully saturated rings. The molecule has 0 spiro atoms. The second-order valence-electron chi connectivity index (χ2n) is 3.79. The molecular formula is C11H16N2OS. The molecule has 0 aliphatic carbocycles. The van der Waals surface area contributed by atoms with Gasteiger partial charge in [0.25, 0.3) is 0 Å². The van der Waals surface area contributed by atoms with E-state index in [1.54, 1.807) is 11.3 Å². The maximum atomic E-state index is 11.8. The van der Waals surface area contributed by atoms with Crippen LogP contribution >= 0.6 is 11.3 Å². The lowest BCUT2D eigenvalue weighted by atomic mass is 10.2. The van der Waals surface area contributed by atoms with Crippen molar-refractivity contribution in [1.29, 1.82) is 0 Å². The molecule has 1 unspecified atom stereocenters. The first-order valence-electron chi connectivity index (χ1n) is 5.30. The first-order valence-corrected chi connectivity index (χ1v) is 6.18. The summed E-state index contributed by atoms with van der Waals surface area (Å²) in [6, 6.07) is 4.50. The minimum Gasteiger partial charge on any atom is -0.334 e. The van der Waals surface area contributed by atoms with Gasteiger partial charge in [0.05, 0.1) is 12.6 Å². The highest BCUT2D eigenvalue weighted by molar-refractivity contribution is 7.10. The van der Waals surface area contributed by atoms with Gasteiger partial charge in [-0.1, -0.05) is 6.07 Å². The summed E-state index contributed by atoms with van der Waals surface area (Å²) in [6.07, 6.45) is 2.23. The number of nitrogens with zero attached hydrogens (tertiary/aromatic N) is 1. The lowest BCUT2D eigenvalue weighted by Crippen LogP contribution is -2.36. The van der Waals surface area contributed by atoms with E-state index in [-0.39, 0.29) is 5.91 Å². The van der Waals surface area contributed by atoms with Crippen LogP contribution in [0.4, 0.5) is 0 Å². The van der Waals surface area contributed by atoms with Crippen molar-refractivity contribution in [3.63, 3.8) is 0 Å². The Morgan fingerprint density at radius 1 is 1.73 bits per heavy atom. The number of carbonyl (C=O) groups is 1. The van der Waals surface area contributed by atoms with Crippen molar-refractivity contribution < 1.29 is 4.79 Å². The predicted molar refractivity (Wildman–Crippen MR) is 61.9 cm³/mol. The summed E-state index contributed by atoms with van der Waals surface area (Å²) in [7, 11) is 1.81. The Morgan fingerprint density at radius 2 is 2.60 bits per heavy atom. The summed E-state index contributed by atoms with van der Waals surface area (Å²) in [5.74, 6) is 0.216. The number of hydrogen-bond acceptors (Lipinski definition) is 3. The summed E-state index contributed by atoms with van der Waals surface area (Å²) in [5, 5.41) is 5.00. The van der Waals surface area contributed by atoms with Gasteiger partial charge in [-0.3, -0.25) is 4.79 Å². The molecule has 3 nitrogen and oxygen atoms in total. The van der Waals surface area contributed by atoms with E-state index in [0.717, 1.165) is 19.4 Å². The molecule has 1 aromatic heterocycles. The zero-order valence-electron chi connectivity index (χ0n) is 8.90. The summed E-state index contributed by atoms with van der Waals surface area (Å²) < 4.78 is 0. The van der Waals surface area contributed by atoms with Crippen molar-refractivity contribution in [1.82, 2.24) is 10.2 Å². The number of likely N-dealkylation sites (tertiary alicyclic amines) is 1. The molecule has 1 saturated heterocycles. The monoisotopic (exact) mass is 224 g/mol. The normalized spacial score (nSPS) is 20.9. The lowest BCUT2D eigenvalue weighted by molar-refractivity contribution is -0.131. The standard InChI is InChI=1S/C11H16N2OS/c1-12-8-11(14)13-6-2-4-9(13)10-5-3-7-15-10/h3,5,7,9,12H,2,4,6,8H2,1H3. The third-order valence-electron chi connectivity index (χ3n) is 2.77. The van der Waals surface area contributed by atoms with E-state index < -0.39 is 0 Å². The van der Waals surface area contributed by atoms with Gasteiger partial charge in [0, 0.05) is 11.4 Å². The van der Waals surface area contributed by atoms with Gasteiger partial charge in [-0.05, 0) is 31.3 Å². The molecule has 4 heteroatoms. The molecule has 0 bridgehead atoms. The van der Waals surface area contributed by atoms with Gasteiger partial charge < -0.3 is 10.2 Å². The molecule has 1 aromatic rings. The fourth-order valence-corrected chi connectivity index (χ4v) is 2.97. The van der Waals surface area contributed by atoms with Gasteiger partial charge in [-0.2, -0.15) is 0 Å². The molecule has 1 N–H and O–H groups in total. The molecule has 1 amide bonds. The third kappa shape index (κ3) is 2.21. The zero-order chi connectivity index (χ0) is 10.7. The SMILES string of the molecule is CNCC(=O)N1CCCC1c1cccs1. The number of nitrogens with one attached hydrogen (secondary N) is 1. The molecule has 1 atom stereocenters.